The number of nitrogens with one attached hydrogen (secondary N) is 2. The van der Waals surface area contributed by atoms with Gasteiger partial charge < -0.3 is 24.8 Å². The Hall–Kier alpha value is -2.82. The number of nitrogens with zero attached hydrogens (tertiary/aromatic N) is 1. The quantitative estimate of drug-likeness (QED) is 0.157. The Morgan fingerprint density at radius 1 is 0.875 bits per heavy atom. The molecule has 2 saturated heterocycles. The molecule has 2 heterocycles. The highest BCUT2D eigenvalue weighted by molar-refractivity contribution is 5.90. The Labute approximate surface area is 236 Å². The van der Waals surface area contributed by atoms with Crippen molar-refractivity contribution in [2.24, 2.45) is 0 Å². The Bertz CT molecular complexity index is 1070. The summed E-state index contributed by atoms with van der Waals surface area (Å²) in [5.41, 5.74) is 5.14. The number of aliphatic hydroxyl groups excluding tert-OH is 1. The molecule has 0 aromatic heterocycles. The number of hydrogen-bond donors (Lipinski definition) is 4. The van der Waals surface area contributed by atoms with Gasteiger partial charge in [-0.3, -0.25) is 14.8 Å². The van der Waals surface area contributed by atoms with Crippen molar-refractivity contribution in [2.45, 2.75) is 89.3 Å². The van der Waals surface area contributed by atoms with E-state index >= 15 is 0 Å². The predicted octanol–water partition coefficient (Wildman–Crippen LogP) is 4.99. The number of anilines is 1. The molecular formula is C31H43N3O6. The zero-order chi connectivity index (χ0) is 28.2. The van der Waals surface area contributed by atoms with E-state index in [4.69, 9.17) is 14.7 Å². The summed E-state index contributed by atoms with van der Waals surface area (Å²) in [7, 11) is 0. The standard InChI is InChI=1S/C31H43N3O6/c35-22-23-13-15-24(16-14-23)28-20-27(21-34-17-6-3-7-18-34)39-31(40-28)25-9-8-10-26(19-25)32-29(36)11-4-1-2-5-12-30(37)33-38/h8-10,13-16,19,27-28,31,35,38H,1-7,11-12,17-18,20-22H2,(H,32,36)(H,33,37)/t27-,28+,31+/m0/s1. The van der Waals surface area contributed by atoms with E-state index in [1.807, 2.05) is 48.5 Å². The van der Waals surface area contributed by atoms with E-state index < -0.39 is 6.29 Å². The molecule has 2 fully saturated rings. The Morgan fingerprint density at radius 2 is 1.60 bits per heavy atom. The van der Waals surface area contributed by atoms with Gasteiger partial charge in [-0.1, -0.05) is 55.7 Å². The first kappa shape index (κ1) is 30.1. The fourth-order valence-electron chi connectivity index (χ4n) is 5.43. The SMILES string of the molecule is O=C(CCCCCCC(=O)Nc1cccc([C@@H]2O[C@H](CN3CCCCC3)C[C@H](c3ccc(CO)cc3)O2)c1)NO. The molecule has 0 radical (unpaired) electrons. The maximum Gasteiger partial charge on any atom is 0.243 e. The molecule has 2 aliphatic heterocycles. The maximum absolute atomic E-state index is 12.6. The Balaban J connectivity index is 1.36. The van der Waals surface area contributed by atoms with Crippen molar-refractivity contribution < 1.29 is 29.4 Å². The van der Waals surface area contributed by atoms with Crippen molar-refractivity contribution >= 4 is 17.5 Å². The van der Waals surface area contributed by atoms with E-state index in [-0.39, 0.29) is 37.0 Å². The molecule has 0 bridgehead atoms. The number of unbranched alkanes of at least 4 members (excludes halogenated alkanes) is 3. The lowest BCUT2D eigenvalue weighted by molar-refractivity contribution is -0.253. The molecule has 2 amide bonds. The van der Waals surface area contributed by atoms with Crippen LogP contribution in [0.5, 0.6) is 0 Å². The number of likely N-dealkylation sites (tertiary alicyclic amines) is 1. The molecule has 9 nitrogen and oxygen atoms in total. The van der Waals surface area contributed by atoms with Crippen LogP contribution in [0.15, 0.2) is 48.5 Å². The normalized spacial score (nSPS) is 21.6. The van der Waals surface area contributed by atoms with Crippen molar-refractivity contribution in [3.05, 3.63) is 65.2 Å². The van der Waals surface area contributed by atoms with Gasteiger partial charge in [0.05, 0.1) is 18.8 Å². The van der Waals surface area contributed by atoms with Gasteiger partial charge in [-0.2, -0.15) is 0 Å². The lowest BCUT2D eigenvalue weighted by Gasteiger charge is -2.39. The number of hydroxylamine groups is 1. The topological polar surface area (TPSA) is 120 Å². The van der Waals surface area contributed by atoms with Crippen molar-refractivity contribution in [3.63, 3.8) is 0 Å². The van der Waals surface area contributed by atoms with Gasteiger partial charge in [0.15, 0.2) is 6.29 Å². The molecule has 0 unspecified atom stereocenters. The summed E-state index contributed by atoms with van der Waals surface area (Å²) in [6.07, 6.45) is 7.58. The van der Waals surface area contributed by atoms with Gasteiger partial charge in [0.25, 0.3) is 0 Å². The Morgan fingerprint density at radius 3 is 2.30 bits per heavy atom. The van der Waals surface area contributed by atoms with E-state index in [0.717, 1.165) is 62.0 Å². The Kier molecular flexibility index (Phi) is 11.9. The van der Waals surface area contributed by atoms with E-state index in [1.165, 1.54) is 19.3 Å². The molecule has 3 atom stereocenters. The number of benzene rings is 2. The minimum absolute atomic E-state index is 0.0109. The summed E-state index contributed by atoms with van der Waals surface area (Å²) >= 11 is 0. The molecule has 0 saturated carbocycles. The van der Waals surface area contributed by atoms with Crippen molar-refractivity contribution in [3.8, 4) is 0 Å². The van der Waals surface area contributed by atoms with Crippen LogP contribution in [0, 0.1) is 0 Å². The molecule has 0 spiro atoms. The largest absolute Gasteiger partial charge is 0.392 e. The van der Waals surface area contributed by atoms with Gasteiger partial charge in [0.2, 0.25) is 11.8 Å². The van der Waals surface area contributed by atoms with E-state index in [2.05, 4.69) is 10.2 Å². The highest BCUT2D eigenvalue weighted by Crippen LogP contribution is 2.38. The van der Waals surface area contributed by atoms with Gasteiger partial charge >= 0.3 is 0 Å². The molecule has 40 heavy (non-hydrogen) atoms. The summed E-state index contributed by atoms with van der Waals surface area (Å²) in [6.45, 7) is 3.07. The van der Waals surface area contributed by atoms with Gasteiger partial charge in [0.1, 0.15) is 0 Å². The molecule has 0 aliphatic carbocycles. The highest BCUT2D eigenvalue weighted by atomic mass is 16.7. The van der Waals surface area contributed by atoms with Crippen LogP contribution >= 0.6 is 0 Å². The average Bonchev–Trinajstić information content (AvgIpc) is 2.99. The number of piperidine rings is 1. The molecule has 2 aromatic rings. The highest BCUT2D eigenvalue weighted by Gasteiger charge is 2.33. The number of amides is 2. The zero-order valence-corrected chi connectivity index (χ0v) is 23.2. The number of carbonyl (C=O) groups is 2. The summed E-state index contributed by atoms with van der Waals surface area (Å²) in [5.74, 6) is -0.437. The molecule has 4 N–H and O–H groups in total. The first-order valence-corrected chi connectivity index (χ1v) is 14.6. The predicted molar refractivity (Wildman–Crippen MR) is 151 cm³/mol. The zero-order valence-electron chi connectivity index (χ0n) is 23.2. The third-order valence-corrected chi connectivity index (χ3v) is 7.65. The summed E-state index contributed by atoms with van der Waals surface area (Å²) in [6, 6.07) is 15.6. The average molecular weight is 554 g/mol. The van der Waals surface area contributed by atoms with Crippen LogP contribution in [0.3, 0.4) is 0 Å². The van der Waals surface area contributed by atoms with Crippen molar-refractivity contribution in [1.29, 1.82) is 0 Å². The molecule has 2 aromatic carbocycles. The van der Waals surface area contributed by atoms with Crippen LogP contribution in [0.1, 0.15) is 93.3 Å². The molecule has 2 aliphatic rings. The maximum atomic E-state index is 12.6. The van der Waals surface area contributed by atoms with Crippen LogP contribution in [0.2, 0.25) is 0 Å². The summed E-state index contributed by atoms with van der Waals surface area (Å²) < 4.78 is 13.0. The third-order valence-electron chi connectivity index (χ3n) is 7.65. The molecule has 4 rings (SSSR count). The second-order valence-electron chi connectivity index (χ2n) is 10.8. The van der Waals surface area contributed by atoms with E-state index in [0.29, 0.717) is 18.5 Å². The monoisotopic (exact) mass is 553 g/mol. The van der Waals surface area contributed by atoms with Crippen LogP contribution < -0.4 is 10.8 Å². The number of aliphatic hydroxyl groups is 1. The molecule has 218 valence electrons. The van der Waals surface area contributed by atoms with Gasteiger partial charge in [0, 0.05) is 37.1 Å². The minimum atomic E-state index is -0.556. The van der Waals surface area contributed by atoms with Crippen LogP contribution in [0.4, 0.5) is 5.69 Å². The fraction of sp³-hybridized carbons (Fsp3) is 0.548. The first-order chi connectivity index (χ1) is 19.5. The van der Waals surface area contributed by atoms with Crippen LogP contribution in [-0.4, -0.2) is 52.8 Å². The number of rotatable bonds is 13. The molecular weight excluding hydrogens is 510 g/mol. The van der Waals surface area contributed by atoms with Gasteiger partial charge in [-0.05, 0) is 62.0 Å². The molecule has 9 heteroatoms. The van der Waals surface area contributed by atoms with Gasteiger partial charge in [-0.15, -0.1) is 0 Å². The number of carbonyl (C=O) groups excluding carboxylic acids is 2. The second kappa shape index (κ2) is 15.8. The number of hydrogen-bond acceptors (Lipinski definition) is 7. The lowest BCUT2D eigenvalue weighted by Crippen LogP contribution is -2.41. The summed E-state index contributed by atoms with van der Waals surface area (Å²) in [4.78, 5) is 26.1. The smallest absolute Gasteiger partial charge is 0.243 e. The fourth-order valence-corrected chi connectivity index (χ4v) is 5.43. The second-order valence-corrected chi connectivity index (χ2v) is 10.8. The van der Waals surface area contributed by atoms with Gasteiger partial charge in [-0.25, -0.2) is 5.48 Å². The van der Waals surface area contributed by atoms with Crippen LogP contribution in [0.25, 0.3) is 0 Å². The number of ether oxygens (including phenoxy) is 2. The first-order valence-electron chi connectivity index (χ1n) is 14.6. The van der Waals surface area contributed by atoms with Crippen LogP contribution in [-0.2, 0) is 25.7 Å². The minimum Gasteiger partial charge on any atom is -0.392 e. The lowest BCUT2D eigenvalue weighted by atomic mass is 9.99. The summed E-state index contributed by atoms with van der Waals surface area (Å²) in [5, 5.41) is 21.0. The van der Waals surface area contributed by atoms with E-state index in [1.54, 1.807) is 5.48 Å². The van der Waals surface area contributed by atoms with Crippen molar-refractivity contribution in [2.75, 3.05) is 25.0 Å². The van der Waals surface area contributed by atoms with Crippen molar-refractivity contribution in [1.82, 2.24) is 10.4 Å². The third kappa shape index (κ3) is 9.38. The van der Waals surface area contributed by atoms with E-state index in [9.17, 15) is 14.7 Å².